The topological polar surface area (TPSA) is 81.4 Å². The number of nitrogens with two attached hydrogens (primary N) is 1. The van der Waals surface area contributed by atoms with Crippen molar-refractivity contribution in [1.82, 2.24) is 5.32 Å². The van der Waals surface area contributed by atoms with Crippen LogP contribution >= 0.6 is 0 Å². The van der Waals surface area contributed by atoms with Crippen molar-refractivity contribution in [2.24, 2.45) is 5.73 Å². The number of primary amides is 1. The van der Waals surface area contributed by atoms with E-state index in [0.717, 1.165) is 6.07 Å². The lowest BCUT2D eigenvalue weighted by Gasteiger charge is -2.13. The first kappa shape index (κ1) is 13.0. The van der Waals surface area contributed by atoms with E-state index in [4.69, 9.17) is 10.5 Å². The van der Waals surface area contributed by atoms with Gasteiger partial charge in [-0.3, -0.25) is 9.59 Å². The Hall–Kier alpha value is -2.11. The molecule has 1 atom stereocenters. The van der Waals surface area contributed by atoms with Crippen molar-refractivity contribution in [1.29, 1.82) is 0 Å². The third kappa shape index (κ3) is 4.50. The number of ether oxygens (including phenoxy) is 1. The number of halogens is 1. The first-order chi connectivity index (χ1) is 7.99. The smallest absolute Gasteiger partial charge is 0.261 e. The quantitative estimate of drug-likeness (QED) is 0.771. The minimum absolute atomic E-state index is 0.242. The predicted molar refractivity (Wildman–Crippen MR) is 58.7 cm³/mol. The summed E-state index contributed by atoms with van der Waals surface area (Å²) in [6.45, 7) is 1.23. The number of carbonyl (C=O) groups is 2. The van der Waals surface area contributed by atoms with Gasteiger partial charge in [0.2, 0.25) is 5.91 Å². The molecule has 17 heavy (non-hydrogen) atoms. The molecule has 0 saturated carbocycles. The fourth-order valence-electron chi connectivity index (χ4n) is 1.12. The van der Waals surface area contributed by atoms with Crippen LogP contribution in [0.25, 0.3) is 0 Å². The van der Waals surface area contributed by atoms with Gasteiger partial charge in [-0.25, -0.2) is 4.39 Å². The van der Waals surface area contributed by atoms with E-state index in [-0.39, 0.29) is 12.3 Å². The molecule has 0 heterocycles. The van der Waals surface area contributed by atoms with Gasteiger partial charge in [0.1, 0.15) is 11.6 Å². The van der Waals surface area contributed by atoms with E-state index in [0.29, 0.717) is 0 Å². The number of benzene rings is 1. The van der Waals surface area contributed by atoms with Crippen molar-refractivity contribution in [2.45, 2.75) is 13.0 Å². The highest BCUT2D eigenvalue weighted by Crippen LogP contribution is 2.13. The van der Waals surface area contributed by atoms with Crippen molar-refractivity contribution >= 4 is 11.8 Å². The molecule has 3 N–H and O–H groups in total. The molecule has 0 aromatic heterocycles. The summed E-state index contributed by atoms with van der Waals surface area (Å²) in [5, 5.41) is 2.28. The van der Waals surface area contributed by atoms with Gasteiger partial charge < -0.3 is 15.8 Å². The van der Waals surface area contributed by atoms with Crippen LogP contribution in [0.15, 0.2) is 24.3 Å². The zero-order chi connectivity index (χ0) is 12.8. The highest BCUT2D eigenvalue weighted by atomic mass is 19.1. The monoisotopic (exact) mass is 240 g/mol. The van der Waals surface area contributed by atoms with Crippen molar-refractivity contribution in [2.75, 3.05) is 6.54 Å². The highest BCUT2D eigenvalue weighted by Gasteiger charge is 2.14. The number of nitrogens with one attached hydrogen (secondary N) is 1. The molecule has 0 fully saturated rings. The summed E-state index contributed by atoms with van der Waals surface area (Å²) in [6.07, 6.45) is -0.837. The van der Waals surface area contributed by atoms with E-state index < -0.39 is 23.7 Å². The number of hydrogen-bond acceptors (Lipinski definition) is 3. The van der Waals surface area contributed by atoms with Crippen molar-refractivity contribution in [3.8, 4) is 5.75 Å². The van der Waals surface area contributed by atoms with Crippen LogP contribution < -0.4 is 15.8 Å². The second kappa shape index (κ2) is 5.83. The summed E-state index contributed by atoms with van der Waals surface area (Å²) >= 11 is 0. The summed E-state index contributed by atoms with van der Waals surface area (Å²) in [5.41, 5.74) is 4.87. The zero-order valence-electron chi connectivity index (χ0n) is 9.27. The van der Waals surface area contributed by atoms with Crippen LogP contribution in [-0.4, -0.2) is 24.5 Å². The van der Waals surface area contributed by atoms with Crippen molar-refractivity contribution in [3.05, 3.63) is 30.1 Å². The zero-order valence-corrected chi connectivity index (χ0v) is 9.27. The Bertz CT molecular complexity index is 423. The maximum atomic E-state index is 12.8. The van der Waals surface area contributed by atoms with Gasteiger partial charge in [-0.1, -0.05) is 6.07 Å². The molecular weight excluding hydrogens is 227 g/mol. The number of amides is 2. The van der Waals surface area contributed by atoms with Gasteiger partial charge >= 0.3 is 0 Å². The number of carbonyl (C=O) groups excluding carboxylic acids is 2. The lowest BCUT2D eigenvalue weighted by molar-refractivity contribution is -0.129. The third-order valence-corrected chi connectivity index (χ3v) is 1.92. The van der Waals surface area contributed by atoms with Crippen LogP contribution in [0.5, 0.6) is 5.75 Å². The van der Waals surface area contributed by atoms with Gasteiger partial charge in [-0.15, -0.1) is 0 Å². The minimum atomic E-state index is -0.837. The van der Waals surface area contributed by atoms with Crippen LogP contribution in [0.4, 0.5) is 4.39 Å². The lowest BCUT2D eigenvalue weighted by atomic mass is 10.3. The Morgan fingerprint density at radius 3 is 2.82 bits per heavy atom. The lowest BCUT2D eigenvalue weighted by Crippen LogP contribution is -2.40. The molecule has 1 rings (SSSR count). The second-order valence-corrected chi connectivity index (χ2v) is 3.40. The molecular formula is C11H13FN2O3. The molecule has 92 valence electrons. The van der Waals surface area contributed by atoms with Crippen LogP contribution in [0.1, 0.15) is 6.92 Å². The Kier molecular flexibility index (Phi) is 4.45. The summed E-state index contributed by atoms with van der Waals surface area (Å²) in [4.78, 5) is 21.8. The van der Waals surface area contributed by atoms with Crippen LogP contribution in [0, 0.1) is 5.82 Å². The largest absolute Gasteiger partial charge is 0.481 e. The molecule has 6 heteroatoms. The van der Waals surface area contributed by atoms with Gasteiger partial charge in [-0.05, 0) is 19.1 Å². The van der Waals surface area contributed by atoms with Crippen LogP contribution in [-0.2, 0) is 9.59 Å². The van der Waals surface area contributed by atoms with E-state index >= 15 is 0 Å². The molecule has 1 aromatic carbocycles. The summed E-state index contributed by atoms with van der Waals surface area (Å²) in [7, 11) is 0. The average Bonchev–Trinajstić information content (AvgIpc) is 2.25. The van der Waals surface area contributed by atoms with E-state index in [1.165, 1.54) is 25.1 Å². The van der Waals surface area contributed by atoms with E-state index in [2.05, 4.69) is 5.32 Å². The third-order valence-electron chi connectivity index (χ3n) is 1.92. The molecule has 1 aromatic rings. The molecule has 0 bridgehead atoms. The minimum Gasteiger partial charge on any atom is -0.481 e. The Morgan fingerprint density at radius 2 is 2.24 bits per heavy atom. The Balaban J connectivity index is 2.51. The van der Waals surface area contributed by atoms with Crippen molar-refractivity contribution < 1.29 is 18.7 Å². The van der Waals surface area contributed by atoms with E-state index in [1.54, 1.807) is 0 Å². The van der Waals surface area contributed by atoms with E-state index in [1.807, 2.05) is 0 Å². The predicted octanol–water partition coefficient (Wildman–Crippen LogP) is 0.194. The van der Waals surface area contributed by atoms with Gasteiger partial charge in [0.15, 0.2) is 6.10 Å². The average molecular weight is 240 g/mol. The molecule has 0 aliphatic carbocycles. The molecule has 0 aliphatic heterocycles. The SMILES string of the molecule is CC(Oc1cccc(F)c1)C(=O)NCC(N)=O. The first-order valence-corrected chi connectivity index (χ1v) is 4.97. The van der Waals surface area contributed by atoms with Crippen molar-refractivity contribution in [3.63, 3.8) is 0 Å². The normalized spacial score (nSPS) is 11.6. The van der Waals surface area contributed by atoms with Crippen LogP contribution in [0.2, 0.25) is 0 Å². The first-order valence-electron chi connectivity index (χ1n) is 4.97. The summed E-state index contributed by atoms with van der Waals surface area (Å²) in [6, 6.07) is 5.43. The summed E-state index contributed by atoms with van der Waals surface area (Å²) in [5.74, 6) is -1.34. The maximum absolute atomic E-state index is 12.8. The number of rotatable bonds is 5. The molecule has 0 saturated heterocycles. The molecule has 0 aliphatic rings. The van der Waals surface area contributed by atoms with Gasteiger partial charge in [-0.2, -0.15) is 0 Å². The van der Waals surface area contributed by atoms with E-state index in [9.17, 15) is 14.0 Å². The molecule has 2 amide bonds. The highest BCUT2D eigenvalue weighted by molar-refractivity contribution is 5.86. The molecule has 0 spiro atoms. The Labute approximate surface area is 97.7 Å². The number of hydrogen-bond donors (Lipinski definition) is 2. The second-order valence-electron chi connectivity index (χ2n) is 3.40. The molecule has 0 radical (unpaired) electrons. The summed E-state index contributed by atoms with van der Waals surface area (Å²) < 4.78 is 18.0. The van der Waals surface area contributed by atoms with Crippen LogP contribution in [0.3, 0.4) is 0 Å². The van der Waals surface area contributed by atoms with Gasteiger partial charge in [0, 0.05) is 6.07 Å². The van der Waals surface area contributed by atoms with Gasteiger partial charge in [0.05, 0.1) is 6.54 Å². The fraction of sp³-hybridized carbons (Fsp3) is 0.273. The fourth-order valence-corrected chi connectivity index (χ4v) is 1.12. The molecule has 1 unspecified atom stereocenters. The standard InChI is InChI=1S/C11H13FN2O3/c1-7(11(16)14-6-10(13)15)17-9-4-2-3-8(12)5-9/h2-5,7H,6H2,1H3,(H2,13,15)(H,14,16). The maximum Gasteiger partial charge on any atom is 0.261 e. The van der Waals surface area contributed by atoms with Gasteiger partial charge in [0.25, 0.3) is 5.91 Å². The molecule has 5 nitrogen and oxygen atoms in total. The Morgan fingerprint density at radius 1 is 1.53 bits per heavy atom.